The zero-order valence-electron chi connectivity index (χ0n) is 9.04. The van der Waals surface area contributed by atoms with Gasteiger partial charge in [0.1, 0.15) is 5.69 Å². The monoisotopic (exact) mass is 253 g/mol. The minimum atomic E-state index is -0.201. The predicted octanol–water partition coefficient (Wildman–Crippen LogP) is 1.08. The molecule has 0 radical (unpaired) electrons. The van der Waals surface area contributed by atoms with Crippen LogP contribution in [0.3, 0.4) is 0 Å². The molecule has 0 spiro atoms. The highest BCUT2D eigenvalue weighted by Gasteiger charge is 2.14. The van der Waals surface area contributed by atoms with Crippen LogP contribution in [0.15, 0.2) is 24.3 Å². The average molecular weight is 254 g/mol. The molecule has 0 amide bonds. The molecule has 0 atom stereocenters. The zero-order chi connectivity index (χ0) is 12.3. The maximum atomic E-state index is 9.22. The highest BCUT2D eigenvalue weighted by molar-refractivity contribution is 6.30. The smallest absolute Gasteiger partial charge is 0.116 e. The first-order chi connectivity index (χ1) is 8.26. The van der Waals surface area contributed by atoms with E-state index in [4.69, 9.17) is 16.7 Å². The summed E-state index contributed by atoms with van der Waals surface area (Å²) in [5.41, 5.74) is 1.98. The molecule has 90 valence electrons. The van der Waals surface area contributed by atoms with Gasteiger partial charge in [0.05, 0.1) is 25.5 Å². The fourth-order valence-corrected chi connectivity index (χ4v) is 1.85. The Morgan fingerprint density at radius 1 is 1.29 bits per heavy atom. The van der Waals surface area contributed by atoms with Gasteiger partial charge in [0.2, 0.25) is 0 Å². The van der Waals surface area contributed by atoms with E-state index in [0.29, 0.717) is 23.0 Å². The Morgan fingerprint density at radius 2 is 2.12 bits per heavy atom. The van der Waals surface area contributed by atoms with Gasteiger partial charge in [-0.3, -0.25) is 0 Å². The predicted molar refractivity (Wildman–Crippen MR) is 63.5 cm³/mol. The first kappa shape index (κ1) is 12.0. The number of aromatic nitrogens is 3. The van der Waals surface area contributed by atoms with Gasteiger partial charge in [-0.1, -0.05) is 28.9 Å². The van der Waals surface area contributed by atoms with Crippen LogP contribution in [-0.4, -0.2) is 31.8 Å². The molecule has 5 nitrogen and oxygen atoms in total. The van der Waals surface area contributed by atoms with Crippen molar-refractivity contribution in [3.8, 4) is 11.3 Å². The summed E-state index contributed by atoms with van der Waals surface area (Å²) in [6.07, 6.45) is 0. The normalized spacial score (nSPS) is 10.8. The summed E-state index contributed by atoms with van der Waals surface area (Å²) >= 11 is 5.92. The van der Waals surface area contributed by atoms with E-state index in [1.165, 1.54) is 0 Å². The Labute approximate surface area is 103 Å². The van der Waals surface area contributed by atoms with Gasteiger partial charge in [0, 0.05) is 10.6 Å². The van der Waals surface area contributed by atoms with Gasteiger partial charge >= 0.3 is 0 Å². The van der Waals surface area contributed by atoms with E-state index in [0.717, 1.165) is 5.56 Å². The molecule has 0 saturated heterocycles. The fourth-order valence-electron chi connectivity index (χ4n) is 1.66. The lowest BCUT2D eigenvalue weighted by atomic mass is 10.1. The van der Waals surface area contributed by atoms with E-state index < -0.39 is 0 Å². The quantitative estimate of drug-likeness (QED) is 0.856. The lowest BCUT2D eigenvalue weighted by Gasteiger charge is -2.06. The van der Waals surface area contributed by atoms with Gasteiger partial charge in [-0.2, -0.15) is 0 Å². The Balaban J connectivity index is 2.51. The van der Waals surface area contributed by atoms with Crippen molar-refractivity contribution >= 4 is 11.6 Å². The van der Waals surface area contributed by atoms with Crippen molar-refractivity contribution in [1.29, 1.82) is 0 Å². The largest absolute Gasteiger partial charge is 0.394 e. The molecule has 6 heteroatoms. The molecular weight excluding hydrogens is 242 g/mol. The highest BCUT2D eigenvalue weighted by Crippen LogP contribution is 2.24. The first-order valence-corrected chi connectivity index (χ1v) is 5.54. The molecule has 0 aliphatic heterocycles. The van der Waals surface area contributed by atoms with Crippen LogP contribution in [0.5, 0.6) is 0 Å². The second-order valence-electron chi connectivity index (χ2n) is 3.50. The molecule has 0 aliphatic carbocycles. The van der Waals surface area contributed by atoms with Gasteiger partial charge in [-0.15, -0.1) is 5.10 Å². The van der Waals surface area contributed by atoms with Crippen molar-refractivity contribution < 1.29 is 10.2 Å². The molecule has 0 saturated carbocycles. The third-order valence-electron chi connectivity index (χ3n) is 2.36. The maximum absolute atomic E-state index is 9.22. The van der Waals surface area contributed by atoms with Gasteiger partial charge in [0.25, 0.3) is 0 Å². The molecule has 2 N–H and O–H groups in total. The molecule has 1 heterocycles. The molecule has 1 aromatic carbocycles. The summed E-state index contributed by atoms with van der Waals surface area (Å²) in [5, 5.41) is 26.5. The van der Waals surface area contributed by atoms with Crippen molar-refractivity contribution in [2.45, 2.75) is 13.2 Å². The summed E-state index contributed by atoms with van der Waals surface area (Å²) < 4.78 is 1.55. The van der Waals surface area contributed by atoms with Crippen LogP contribution in [-0.2, 0) is 13.2 Å². The van der Waals surface area contributed by atoms with Crippen LogP contribution in [0.25, 0.3) is 11.3 Å². The van der Waals surface area contributed by atoms with Crippen LogP contribution >= 0.6 is 11.6 Å². The van der Waals surface area contributed by atoms with Crippen molar-refractivity contribution in [1.82, 2.24) is 15.0 Å². The van der Waals surface area contributed by atoms with E-state index in [-0.39, 0.29) is 13.2 Å². The van der Waals surface area contributed by atoms with Gasteiger partial charge in [-0.25, -0.2) is 4.68 Å². The molecule has 1 aromatic heterocycles. The van der Waals surface area contributed by atoms with E-state index in [1.54, 1.807) is 16.8 Å². The van der Waals surface area contributed by atoms with Gasteiger partial charge < -0.3 is 10.2 Å². The lowest BCUT2D eigenvalue weighted by Crippen LogP contribution is -2.06. The molecule has 0 fully saturated rings. The number of hydrogen-bond acceptors (Lipinski definition) is 4. The van der Waals surface area contributed by atoms with Gasteiger partial charge in [-0.05, 0) is 12.1 Å². The minimum absolute atomic E-state index is 0.0399. The van der Waals surface area contributed by atoms with E-state index in [2.05, 4.69) is 10.3 Å². The van der Waals surface area contributed by atoms with Crippen LogP contribution in [0.2, 0.25) is 5.02 Å². The average Bonchev–Trinajstić information content (AvgIpc) is 2.72. The lowest BCUT2D eigenvalue weighted by molar-refractivity contribution is 0.268. The molecule has 0 unspecified atom stereocenters. The van der Waals surface area contributed by atoms with Crippen molar-refractivity contribution in [2.75, 3.05) is 6.61 Å². The summed E-state index contributed by atoms with van der Waals surface area (Å²) in [5.74, 6) is 0. The summed E-state index contributed by atoms with van der Waals surface area (Å²) in [7, 11) is 0. The van der Waals surface area contributed by atoms with Crippen LogP contribution < -0.4 is 0 Å². The van der Waals surface area contributed by atoms with E-state index in [1.807, 2.05) is 12.1 Å². The number of nitrogens with zero attached hydrogens (tertiary/aromatic N) is 3. The number of aliphatic hydroxyl groups excluding tert-OH is 2. The van der Waals surface area contributed by atoms with Gasteiger partial charge in [0.15, 0.2) is 0 Å². The zero-order valence-corrected chi connectivity index (χ0v) is 9.80. The van der Waals surface area contributed by atoms with Crippen LogP contribution in [0, 0.1) is 0 Å². The second-order valence-corrected chi connectivity index (χ2v) is 3.94. The Bertz CT molecular complexity index is 513. The molecule has 2 rings (SSSR count). The van der Waals surface area contributed by atoms with E-state index >= 15 is 0 Å². The second kappa shape index (κ2) is 5.27. The summed E-state index contributed by atoms with van der Waals surface area (Å²) in [6.45, 7) is 0.0872. The Hall–Kier alpha value is -1.43. The van der Waals surface area contributed by atoms with Crippen LogP contribution in [0.4, 0.5) is 0 Å². The minimum Gasteiger partial charge on any atom is -0.394 e. The number of halogens is 1. The summed E-state index contributed by atoms with van der Waals surface area (Å²) in [6, 6.07) is 7.21. The third kappa shape index (κ3) is 2.46. The Kier molecular flexibility index (Phi) is 3.73. The number of aliphatic hydroxyl groups is 2. The fraction of sp³-hybridized carbons (Fsp3) is 0.273. The maximum Gasteiger partial charge on any atom is 0.116 e. The van der Waals surface area contributed by atoms with Crippen molar-refractivity contribution in [3.05, 3.63) is 35.0 Å². The van der Waals surface area contributed by atoms with E-state index in [9.17, 15) is 5.11 Å². The highest BCUT2D eigenvalue weighted by atomic mass is 35.5. The summed E-state index contributed by atoms with van der Waals surface area (Å²) in [4.78, 5) is 0. The molecular formula is C11H12ClN3O2. The number of rotatable bonds is 4. The molecule has 0 bridgehead atoms. The molecule has 2 aromatic rings. The number of hydrogen-bond donors (Lipinski definition) is 2. The molecule has 17 heavy (non-hydrogen) atoms. The first-order valence-electron chi connectivity index (χ1n) is 5.16. The molecule has 0 aliphatic rings. The SMILES string of the molecule is OCCn1nnc(CO)c1-c1cccc(Cl)c1. The van der Waals surface area contributed by atoms with Crippen LogP contribution in [0.1, 0.15) is 5.69 Å². The Morgan fingerprint density at radius 3 is 2.76 bits per heavy atom. The van der Waals surface area contributed by atoms with Crippen molar-refractivity contribution in [2.24, 2.45) is 0 Å². The van der Waals surface area contributed by atoms with Crippen molar-refractivity contribution in [3.63, 3.8) is 0 Å². The number of benzene rings is 1. The third-order valence-corrected chi connectivity index (χ3v) is 2.60. The topological polar surface area (TPSA) is 71.2 Å². The standard InChI is InChI=1S/C11H12ClN3O2/c12-9-3-1-2-8(6-9)11-10(7-17)13-14-15(11)4-5-16/h1-3,6,16-17H,4-5,7H2.